The summed E-state index contributed by atoms with van der Waals surface area (Å²) in [6.45, 7) is 0. The first-order valence-corrected chi connectivity index (χ1v) is 7.08. The van der Waals surface area contributed by atoms with Gasteiger partial charge in [-0.3, -0.25) is 9.59 Å². The van der Waals surface area contributed by atoms with Crippen LogP contribution in [0.5, 0.6) is 0 Å². The van der Waals surface area contributed by atoms with Gasteiger partial charge in [0.05, 0.1) is 7.11 Å². The molecule has 1 unspecified atom stereocenters. The third-order valence-corrected chi connectivity index (χ3v) is 3.78. The molecule has 0 aromatic heterocycles. The first-order chi connectivity index (χ1) is 10.1. The van der Waals surface area contributed by atoms with Crippen LogP contribution in [0.4, 0.5) is 0 Å². The van der Waals surface area contributed by atoms with Crippen molar-refractivity contribution in [2.24, 2.45) is 5.92 Å². The predicted molar refractivity (Wildman–Crippen MR) is 76.7 cm³/mol. The molecule has 0 saturated heterocycles. The number of esters is 1. The summed E-state index contributed by atoms with van der Waals surface area (Å²) in [5, 5.41) is 2.67. The number of ether oxygens (including phenoxy) is 1. The van der Waals surface area contributed by atoms with Crippen LogP contribution in [0.1, 0.15) is 36.0 Å². The minimum atomic E-state index is -0.783. The number of nitrogens with one attached hydrogen (secondary N) is 1. The largest absolute Gasteiger partial charge is 0.467 e. The van der Waals surface area contributed by atoms with E-state index < -0.39 is 12.0 Å². The average molecular weight is 289 g/mol. The van der Waals surface area contributed by atoms with Crippen molar-refractivity contribution in [1.29, 1.82) is 0 Å². The van der Waals surface area contributed by atoms with Crippen molar-refractivity contribution >= 4 is 17.7 Å². The number of hydrogen-bond acceptors (Lipinski definition) is 4. The van der Waals surface area contributed by atoms with Crippen LogP contribution >= 0.6 is 0 Å². The summed E-state index contributed by atoms with van der Waals surface area (Å²) in [5.41, 5.74) is 0.476. The SMILES string of the molecule is COC(=O)[C@H](CC1CCCC1=O)NC(=O)c1ccccc1. The highest BCUT2D eigenvalue weighted by Gasteiger charge is 2.31. The van der Waals surface area contributed by atoms with Crippen LogP contribution in [-0.4, -0.2) is 30.8 Å². The van der Waals surface area contributed by atoms with E-state index >= 15 is 0 Å². The van der Waals surface area contributed by atoms with Gasteiger partial charge in [-0.05, 0) is 31.4 Å². The lowest BCUT2D eigenvalue weighted by atomic mass is 9.97. The van der Waals surface area contributed by atoms with Crippen LogP contribution < -0.4 is 5.32 Å². The molecule has 0 aliphatic heterocycles. The van der Waals surface area contributed by atoms with Gasteiger partial charge in [0, 0.05) is 17.9 Å². The van der Waals surface area contributed by atoms with E-state index in [1.807, 2.05) is 6.07 Å². The van der Waals surface area contributed by atoms with Crippen molar-refractivity contribution in [3.05, 3.63) is 35.9 Å². The molecule has 1 saturated carbocycles. The van der Waals surface area contributed by atoms with E-state index in [2.05, 4.69) is 5.32 Å². The van der Waals surface area contributed by atoms with Gasteiger partial charge in [-0.2, -0.15) is 0 Å². The molecular formula is C16H19NO4. The Morgan fingerprint density at radius 1 is 1.33 bits per heavy atom. The predicted octanol–water partition coefficient (Wildman–Crippen LogP) is 1.72. The maximum atomic E-state index is 12.1. The van der Waals surface area contributed by atoms with Gasteiger partial charge in [-0.15, -0.1) is 0 Å². The van der Waals surface area contributed by atoms with Crippen LogP contribution in [0.25, 0.3) is 0 Å². The maximum absolute atomic E-state index is 12.1. The topological polar surface area (TPSA) is 72.5 Å². The molecule has 1 aromatic carbocycles. The molecule has 1 aliphatic rings. The molecule has 0 bridgehead atoms. The smallest absolute Gasteiger partial charge is 0.328 e. The fourth-order valence-electron chi connectivity index (χ4n) is 2.61. The standard InChI is InChI=1S/C16H19NO4/c1-21-16(20)13(10-12-8-5-9-14(12)18)17-15(19)11-6-3-2-4-7-11/h2-4,6-7,12-13H,5,8-10H2,1H3,(H,17,19)/t12?,13-/m0/s1. The summed E-state index contributed by atoms with van der Waals surface area (Å²) < 4.78 is 4.73. The average Bonchev–Trinajstić information content (AvgIpc) is 2.91. The summed E-state index contributed by atoms with van der Waals surface area (Å²) in [7, 11) is 1.28. The van der Waals surface area contributed by atoms with Gasteiger partial charge in [-0.1, -0.05) is 18.2 Å². The van der Waals surface area contributed by atoms with Crippen molar-refractivity contribution in [2.45, 2.75) is 31.7 Å². The summed E-state index contributed by atoms with van der Waals surface area (Å²) in [6, 6.07) is 7.88. The molecule has 5 nitrogen and oxygen atoms in total. The minimum Gasteiger partial charge on any atom is -0.467 e. The zero-order valence-corrected chi connectivity index (χ0v) is 12.0. The Bertz CT molecular complexity index is 526. The molecule has 1 amide bonds. The molecule has 2 rings (SSSR count). The molecule has 2 atom stereocenters. The third-order valence-electron chi connectivity index (χ3n) is 3.78. The molecule has 21 heavy (non-hydrogen) atoms. The fraction of sp³-hybridized carbons (Fsp3) is 0.438. The van der Waals surface area contributed by atoms with Gasteiger partial charge in [0.2, 0.25) is 0 Å². The number of ketones is 1. The zero-order valence-electron chi connectivity index (χ0n) is 12.0. The fourth-order valence-corrected chi connectivity index (χ4v) is 2.61. The Morgan fingerprint density at radius 3 is 2.62 bits per heavy atom. The van der Waals surface area contributed by atoms with E-state index in [-0.39, 0.29) is 17.6 Å². The van der Waals surface area contributed by atoms with Gasteiger partial charge in [0.15, 0.2) is 0 Å². The Hall–Kier alpha value is -2.17. The summed E-state index contributed by atoms with van der Waals surface area (Å²) in [5.74, 6) is -0.849. The molecular weight excluding hydrogens is 270 g/mol. The number of benzene rings is 1. The quantitative estimate of drug-likeness (QED) is 0.838. The Kier molecular flexibility index (Phi) is 5.09. The number of methoxy groups -OCH3 is 1. The molecule has 1 aliphatic carbocycles. The van der Waals surface area contributed by atoms with Crippen LogP contribution in [0.2, 0.25) is 0 Å². The first kappa shape index (κ1) is 15.2. The number of Topliss-reactive ketones (excluding diaryl/α,β-unsaturated/α-hetero) is 1. The van der Waals surface area contributed by atoms with E-state index in [1.54, 1.807) is 24.3 Å². The first-order valence-electron chi connectivity index (χ1n) is 7.08. The second-order valence-electron chi connectivity index (χ2n) is 5.21. The lowest BCUT2D eigenvalue weighted by Crippen LogP contribution is -2.43. The van der Waals surface area contributed by atoms with Crippen LogP contribution in [0.3, 0.4) is 0 Å². The highest BCUT2D eigenvalue weighted by Crippen LogP contribution is 2.25. The van der Waals surface area contributed by atoms with Gasteiger partial charge < -0.3 is 10.1 Å². The number of carbonyl (C=O) groups excluding carboxylic acids is 3. The summed E-state index contributed by atoms with van der Waals surface area (Å²) in [4.78, 5) is 35.7. The van der Waals surface area contributed by atoms with Gasteiger partial charge in [0.1, 0.15) is 11.8 Å². The summed E-state index contributed by atoms with van der Waals surface area (Å²) in [6.07, 6.45) is 2.49. The van der Waals surface area contributed by atoms with Crippen LogP contribution in [0.15, 0.2) is 30.3 Å². The zero-order chi connectivity index (χ0) is 15.2. The minimum absolute atomic E-state index is 0.162. The van der Waals surface area contributed by atoms with E-state index in [9.17, 15) is 14.4 Å². The van der Waals surface area contributed by atoms with Crippen molar-refractivity contribution in [3.8, 4) is 0 Å². The highest BCUT2D eigenvalue weighted by molar-refractivity contribution is 5.97. The van der Waals surface area contributed by atoms with E-state index in [1.165, 1.54) is 7.11 Å². The Morgan fingerprint density at radius 2 is 2.05 bits per heavy atom. The van der Waals surface area contributed by atoms with Crippen LogP contribution in [-0.2, 0) is 14.3 Å². The second-order valence-corrected chi connectivity index (χ2v) is 5.21. The summed E-state index contributed by atoms with van der Waals surface area (Å²) >= 11 is 0. The molecule has 1 fully saturated rings. The van der Waals surface area contributed by atoms with Gasteiger partial charge >= 0.3 is 5.97 Å². The lowest BCUT2D eigenvalue weighted by molar-refractivity contribution is -0.143. The second kappa shape index (κ2) is 7.02. The Balaban J connectivity index is 2.04. The molecule has 1 N–H and O–H groups in total. The van der Waals surface area contributed by atoms with E-state index in [4.69, 9.17) is 4.74 Å². The molecule has 1 aromatic rings. The van der Waals surface area contributed by atoms with Crippen molar-refractivity contribution in [1.82, 2.24) is 5.32 Å². The normalized spacial score (nSPS) is 19.1. The molecule has 5 heteroatoms. The maximum Gasteiger partial charge on any atom is 0.328 e. The van der Waals surface area contributed by atoms with Crippen molar-refractivity contribution < 1.29 is 19.1 Å². The molecule has 112 valence electrons. The monoisotopic (exact) mass is 289 g/mol. The number of rotatable bonds is 5. The highest BCUT2D eigenvalue weighted by atomic mass is 16.5. The third kappa shape index (κ3) is 3.90. The van der Waals surface area contributed by atoms with E-state index in [0.29, 0.717) is 18.4 Å². The number of hydrogen-bond donors (Lipinski definition) is 1. The Labute approximate surface area is 123 Å². The van der Waals surface area contributed by atoms with Gasteiger partial charge in [0.25, 0.3) is 5.91 Å². The lowest BCUT2D eigenvalue weighted by Gasteiger charge is -2.19. The number of amides is 1. The number of carbonyl (C=O) groups is 3. The van der Waals surface area contributed by atoms with E-state index in [0.717, 1.165) is 12.8 Å². The molecule has 0 radical (unpaired) electrons. The molecule has 0 spiro atoms. The van der Waals surface area contributed by atoms with Crippen LogP contribution in [0, 0.1) is 5.92 Å². The molecule has 0 heterocycles. The van der Waals surface area contributed by atoms with Gasteiger partial charge in [-0.25, -0.2) is 4.79 Å². The van der Waals surface area contributed by atoms with Crippen molar-refractivity contribution in [3.63, 3.8) is 0 Å². The van der Waals surface area contributed by atoms with Crippen molar-refractivity contribution in [2.75, 3.05) is 7.11 Å².